The number of likely N-dealkylation sites (tertiary alicyclic amines) is 1. The van der Waals surface area contributed by atoms with E-state index in [9.17, 15) is 14.7 Å². The van der Waals surface area contributed by atoms with E-state index in [4.69, 9.17) is 11.6 Å². The molecule has 0 atom stereocenters. The fraction of sp³-hybridized carbons (Fsp3) is 0.400. The summed E-state index contributed by atoms with van der Waals surface area (Å²) in [5, 5.41) is 10.5. The SMILES string of the molecule is CCc1cc(Cl)cc(-c2ccnc3cc(CN4C(=O)CCC4=O)sc23)c1N(C)C1CC(O)C1. The zero-order valence-electron chi connectivity index (χ0n) is 18.7. The summed E-state index contributed by atoms with van der Waals surface area (Å²) in [6.07, 6.45) is 4.50. The van der Waals surface area contributed by atoms with Crippen molar-refractivity contribution in [2.45, 2.75) is 57.7 Å². The number of anilines is 1. The first-order valence-corrected chi connectivity index (χ1v) is 12.5. The summed E-state index contributed by atoms with van der Waals surface area (Å²) >= 11 is 8.12. The molecule has 1 aliphatic carbocycles. The number of amides is 2. The molecule has 6 nitrogen and oxygen atoms in total. The first-order chi connectivity index (χ1) is 15.9. The summed E-state index contributed by atoms with van der Waals surface area (Å²) in [7, 11) is 2.09. The van der Waals surface area contributed by atoms with Gasteiger partial charge in [0.05, 0.1) is 22.9 Å². The minimum absolute atomic E-state index is 0.111. The number of nitrogens with zero attached hydrogens (tertiary/aromatic N) is 3. The van der Waals surface area contributed by atoms with Crippen LogP contribution in [0.1, 0.15) is 43.0 Å². The third kappa shape index (κ3) is 4.03. The summed E-state index contributed by atoms with van der Waals surface area (Å²) in [5.74, 6) is -0.223. The monoisotopic (exact) mass is 483 g/mol. The van der Waals surface area contributed by atoms with E-state index in [1.54, 1.807) is 17.5 Å². The maximum absolute atomic E-state index is 12.1. The van der Waals surface area contributed by atoms with Crippen LogP contribution >= 0.6 is 22.9 Å². The number of benzene rings is 1. The van der Waals surface area contributed by atoms with Gasteiger partial charge in [0, 0.05) is 58.8 Å². The molecule has 1 N–H and O–H groups in total. The highest BCUT2D eigenvalue weighted by Gasteiger charge is 2.33. The van der Waals surface area contributed by atoms with E-state index >= 15 is 0 Å². The molecule has 3 aromatic rings. The van der Waals surface area contributed by atoms with Crippen molar-refractivity contribution in [2.75, 3.05) is 11.9 Å². The largest absolute Gasteiger partial charge is 0.393 e. The van der Waals surface area contributed by atoms with Gasteiger partial charge in [0.2, 0.25) is 11.8 Å². The predicted octanol–water partition coefficient (Wildman–Crippen LogP) is 4.79. The van der Waals surface area contributed by atoms with Crippen molar-refractivity contribution in [3.8, 4) is 11.1 Å². The molecule has 2 fully saturated rings. The van der Waals surface area contributed by atoms with Crippen LogP contribution < -0.4 is 4.90 Å². The number of aliphatic hydroxyl groups excluding tert-OH is 1. The molecule has 1 saturated heterocycles. The van der Waals surface area contributed by atoms with Gasteiger partial charge < -0.3 is 10.0 Å². The van der Waals surface area contributed by atoms with Crippen LogP contribution in [-0.4, -0.2) is 46.0 Å². The topological polar surface area (TPSA) is 73.7 Å². The highest BCUT2D eigenvalue weighted by molar-refractivity contribution is 7.19. The number of pyridine rings is 1. The third-order valence-corrected chi connectivity index (χ3v) is 8.11. The van der Waals surface area contributed by atoms with Crippen LogP contribution in [0.15, 0.2) is 30.5 Å². The van der Waals surface area contributed by atoms with Gasteiger partial charge in [0.25, 0.3) is 0 Å². The second-order valence-corrected chi connectivity index (χ2v) is 10.4. The number of carbonyl (C=O) groups excluding carboxylic acids is 2. The third-order valence-electron chi connectivity index (χ3n) is 6.75. The summed E-state index contributed by atoms with van der Waals surface area (Å²) in [4.78, 5) is 33.3. The van der Waals surface area contributed by atoms with Crippen LogP contribution in [0.5, 0.6) is 0 Å². The number of thiophene rings is 1. The molecule has 5 rings (SSSR count). The Bertz CT molecular complexity index is 1240. The lowest BCUT2D eigenvalue weighted by Crippen LogP contribution is -2.45. The Hall–Kier alpha value is -2.48. The number of fused-ring (bicyclic) bond motifs is 1. The second-order valence-electron chi connectivity index (χ2n) is 8.86. The number of imide groups is 1. The average molecular weight is 484 g/mol. The zero-order valence-corrected chi connectivity index (χ0v) is 20.2. The lowest BCUT2D eigenvalue weighted by atomic mass is 9.86. The number of hydrogen-bond acceptors (Lipinski definition) is 6. The Balaban J connectivity index is 1.60. The van der Waals surface area contributed by atoms with Crippen LogP contribution in [0.4, 0.5) is 5.69 Å². The Morgan fingerprint density at radius 1 is 1.18 bits per heavy atom. The van der Waals surface area contributed by atoms with Crippen molar-refractivity contribution in [3.05, 3.63) is 45.9 Å². The highest BCUT2D eigenvalue weighted by Crippen LogP contribution is 2.44. The first-order valence-electron chi connectivity index (χ1n) is 11.3. The minimum Gasteiger partial charge on any atom is -0.393 e. The molecule has 0 unspecified atom stereocenters. The molecule has 0 radical (unpaired) electrons. The van der Waals surface area contributed by atoms with Gasteiger partial charge in [-0.05, 0) is 49.1 Å². The molecule has 3 heterocycles. The van der Waals surface area contributed by atoms with Gasteiger partial charge in [0.1, 0.15) is 0 Å². The fourth-order valence-corrected chi connectivity index (χ4v) is 6.21. The molecule has 172 valence electrons. The molecule has 8 heteroatoms. The zero-order chi connectivity index (χ0) is 23.3. The van der Waals surface area contributed by atoms with Crippen LogP contribution in [0.3, 0.4) is 0 Å². The number of rotatable bonds is 6. The van der Waals surface area contributed by atoms with Crippen molar-refractivity contribution in [3.63, 3.8) is 0 Å². The molecule has 2 aromatic heterocycles. The van der Waals surface area contributed by atoms with E-state index in [1.807, 2.05) is 24.3 Å². The normalized spacial score (nSPS) is 20.5. The molecule has 2 amide bonds. The Morgan fingerprint density at radius 2 is 1.91 bits per heavy atom. The van der Waals surface area contributed by atoms with E-state index in [0.717, 1.165) is 56.7 Å². The van der Waals surface area contributed by atoms with Gasteiger partial charge in [0.15, 0.2) is 0 Å². The molecule has 1 aliphatic heterocycles. The number of aromatic nitrogens is 1. The molecular weight excluding hydrogens is 458 g/mol. The smallest absolute Gasteiger partial charge is 0.230 e. The van der Waals surface area contributed by atoms with E-state index in [2.05, 4.69) is 23.9 Å². The van der Waals surface area contributed by atoms with Crippen LogP contribution in [-0.2, 0) is 22.6 Å². The minimum atomic E-state index is -0.234. The highest BCUT2D eigenvalue weighted by atomic mass is 35.5. The number of hydrogen-bond donors (Lipinski definition) is 1. The number of carbonyl (C=O) groups is 2. The molecule has 0 bridgehead atoms. The van der Waals surface area contributed by atoms with E-state index in [1.165, 1.54) is 4.90 Å². The molecular formula is C25H26ClN3O3S. The molecule has 33 heavy (non-hydrogen) atoms. The van der Waals surface area contributed by atoms with Crippen molar-refractivity contribution in [1.29, 1.82) is 0 Å². The summed E-state index contributed by atoms with van der Waals surface area (Å²) in [6.45, 7) is 2.42. The molecule has 0 spiro atoms. The number of halogens is 1. The van der Waals surface area contributed by atoms with E-state index in [0.29, 0.717) is 24.4 Å². The van der Waals surface area contributed by atoms with Gasteiger partial charge in [-0.15, -0.1) is 11.3 Å². The quantitative estimate of drug-likeness (QED) is 0.510. The molecule has 2 aliphatic rings. The van der Waals surface area contributed by atoms with Crippen LogP contribution in [0.25, 0.3) is 21.3 Å². The van der Waals surface area contributed by atoms with Crippen molar-refractivity contribution >= 4 is 50.7 Å². The number of aryl methyl sites for hydroxylation is 1. The first kappa shape index (κ1) is 22.3. The van der Waals surface area contributed by atoms with Crippen molar-refractivity contribution in [2.24, 2.45) is 0 Å². The van der Waals surface area contributed by atoms with Crippen LogP contribution in [0, 0.1) is 0 Å². The molecule has 1 saturated carbocycles. The standard InChI is InChI=1S/C25H26ClN3O3S/c1-3-14-8-15(26)9-20(24(14)28(2)16-10-17(30)11-16)19-6-7-27-21-12-18(33-25(19)21)13-29-22(31)4-5-23(29)32/h6-9,12,16-17,30H,3-5,10-11,13H2,1-2H3. The predicted molar refractivity (Wildman–Crippen MR) is 132 cm³/mol. The second kappa shape index (κ2) is 8.70. The molecule has 1 aromatic carbocycles. The van der Waals surface area contributed by atoms with Crippen LogP contribution in [0.2, 0.25) is 5.02 Å². The van der Waals surface area contributed by atoms with Crippen molar-refractivity contribution in [1.82, 2.24) is 9.88 Å². The lowest BCUT2D eigenvalue weighted by molar-refractivity contribution is -0.138. The summed E-state index contributed by atoms with van der Waals surface area (Å²) in [6, 6.07) is 8.29. The van der Waals surface area contributed by atoms with Gasteiger partial charge in [-0.2, -0.15) is 0 Å². The Labute approximate surface area is 201 Å². The van der Waals surface area contributed by atoms with Gasteiger partial charge in [-0.1, -0.05) is 18.5 Å². The summed E-state index contributed by atoms with van der Waals surface area (Å²) < 4.78 is 1.01. The van der Waals surface area contributed by atoms with Gasteiger partial charge in [-0.25, -0.2) is 0 Å². The maximum atomic E-state index is 12.1. The fourth-order valence-electron chi connectivity index (χ4n) is 4.84. The van der Waals surface area contributed by atoms with E-state index < -0.39 is 0 Å². The Kier molecular flexibility index (Phi) is 5.89. The maximum Gasteiger partial charge on any atom is 0.230 e. The Morgan fingerprint density at radius 3 is 2.58 bits per heavy atom. The van der Waals surface area contributed by atoms with Gasteiger partial charge in [-0.3, -0.25) is 19.5 Å². The van der Waals surface area contributed by atoms with Gasteiger partial charge >= 0.3 is 0 Å². The lowest BCUT2D eigenvalue weighted by Gasteiger charge is -2.41. The summed E-state index contributed by atoms with van der Waals surface area (Å²) in [5.41, 5.74) is 5.21. The number of aliphatic hydroxyl groups is 1. The van der Waals surface area contributed by atoms with E-state index in [-0.39, 0.29) is 24.0 Å². The van der Waals surface area contributed by atoms with Crippen molar-refractivity contribution < 1.29 is 14.7 Å². The average Bonchev–Trinajstić information content (AvgIpc) is 3.33.